The third-order valence-corrected chi connectivity index (χ3v) is 17.4. The number of hydrogen-bond donors (Lipinski definition) is 2. The van der Waals surface area contributed by atoms with Crippen LogP contribution in [0.2, 0.25) is 0 Å². The molecule has 0 aliphatic carbocycles. The van der Waals surface area contributed by atoms with Crippen molar-refractivity contribution in [3.63, 3.8) is 0 Å². The van der Waals surface area contributed by atoms with Crippen LogP contribution in [0.3, 0.4) is 0 Å². The molecule has 0 amide bonds. The van der Waals surface area contributed by atoms with Crippen molar-refractivity contribution < 1.29 is 37.6 Å². The normalized spacial score (nSPS) is 13.2. The van der Waals surface area contributed by atoms with Crippen molar-refractivity contribution >= 4 is 19.8 Å². The number of allylic oxidation sites excluding steroid dienone is 10. The maximum Gasteiger partial charge on any atom is 0.472 e. The fourth-order valence-electron chi connectivity index (χ4n) is 10.9. The van der Waals surface area contributed by atoms with Crippen LogP contribution in [0, 0.1) is 0 Å². The third-order valence-electron chi connectivity index (χ3n) is 16.4. The Hall–Kier alpha value is -2.29. The predicted octanol–water partition coefficient (Wildman–Crippen LogP) is 24.2. The summed E-state index contributed by atoms with van der Waals surface area (Å²) in [4.78, 5) is 35.3. The van der Waals surface area contributed by atoms with Crippen molar-refractivity contribution in [2.45, 2.75) is 380 Å². The molecule has 0 bridgehead atoms. The Morgan fingerprint density at radius 2 is 0.612 bits per heavy atom. The minimum absolute atomic E-state index is 0.0522. The number of phosphoric ester groups is 1. The zero-order valence-corrected chi connectivity index (χ0v) is 57.0. The largest absolute Gasteiger partial charge is 0.472 e. The first kappa shape index (κ1) is 82.7. The van der Waals surface area contributed by atoms with Gasteiger partial charge < -0.3 is 20.1 Å². The van der Waals surface area contributed by atoms with Crippen LogP contribution in [0.1, 0.15) is 373 Å². The van der Waals surface area contributed by atoms with E-state index >= 15 is 0 Å². The summed E-state index contributed by atoms with van der Waals surface area (Å²) < 4.78 is 33.2. The summed E-state index contributed by atoms with van der Waals surface area (Å²) in [5, 5.41) is 0. The average Bonchev–Trinajstić information content (AvgIpc) is 3.52. The van der Waals surface area contributed by atoms with Crippen LogP contribution >= 0.6 is 7.82 Å². The van der Waals surface area contributed by atoms with Gasteiger partial charge in [-0.05, 0) is 83.5 Å². The Morgan fingerprint density at radius 1 is 0.353 bits per heavy atom. The first-order chi connectivity index (χ1) is 41.8. The van der Waals surface area contributed by atoms with Crippen LogP contribution in [0.25, 0.3) is 0 Å². The summed E-state index contributed by atoms with van der Waals surface area (Å²) in [6.45, 7) is 3.77. The molecule has 498 valence electrons. The van der Waals surface area contributed by atoms with Crippen molar-refractivity contribution in [3.8, 4) is 0 Å². The lowest BCUT2D eigenvalue weighted by molar-refractivity contribution is -0.161. The van der Waals surface area contributed by atoms with E-state index in [9.17, 15) is 19.0 Å². The van der Waals surface area contributed by atoms with Gasteiger partial charge in [0.05, 0.1) is 13.2 Å². The van der Waals surface area contributed by atoms with Gasteiger partial charge in [-0.3, -0.25) is 18.6 Å². The smallest absolute Gasteiger partial charge is 0.462 e. The zero-order chi connectivity index (χ0) is 61.6. The van der Waals surface area contributed by atoms with Crippen molar-refractivity contribution in [3.05, 3.63) is 60.8 Å². The summed E-state index contributed by atoms with van der Waals surface area (Å²) in [6, 6.07) is 0. The van der Waals surface area contributed by atoms with Crippen molar-refractivity contribution in [2.24, 2.45) is 5.73 Å². The van der Waals surface area contributed by atoms with E-state index in [4.69, 9.17) is 24.3 Å². The minimum atomic E-state index is -4.40. The first-order valence-corrected chi connectivity index (χ1v) is 38.3. The van der Waals surface area contributed by atoms with Crippen molar-refractivity contribution in [2.75, 3.05) is 26.4 Å². The number of hydrogen-bond acceptors (Lipinski definition) is 8. The van der Waals surface area contributed by atoms with Crippen LogP contribution in [-0.4, -0.2) is 49.3 Å². The lowest BCUT2D eigenvalue weighted by atomic mass is 10.0. The molecule has 0 aliphatic heterocycles. The highest BCUT2D eigenvalue weighted by molar-refractivity contribution is 7.47. The first-order valence-electron chi connectivity index (χ1n) is 36.8. The summed E-state index contributed by atoms with van der Waals surface area (Å²) >= 11 is 0. The summed E-state index contributed by atoms with van der Waals surface area (Å²) in [5.74, 6) is -0.820. The van der Waals surface area contributed by atoms with E-state index in [-0.39, 0.29) is 38.6 Å². The van der Waals surface area contributed by atoms with Gasteiger partial charge in [-0.25, -0.2) is 4.57 Å². The van der Waals surface area contributed by atoms with Gasteiger partial charge in [-0.2, -0.15) is 0 Å². The van der Waals surface area contributed by atoms with Gasteiger partial charge >= 0.3 is 19.8 Å². The quantitative estimate of drug-likeness (QED) is 0.0264. The Kier molecular flexibility index (Phi) is 68.9. The molecule has 0 spiro atoms. The Bertz CT molecular complexity index is 1580. The van der Waals surface area contributed by atoms with Gasteiger partial charge in [0.2, 0.25) is 0 Å². The van der Waals surface area contributed by atoms with Crippen LogP contribution in [0.4, 0.5) is 0 Å². The Balaban J connectivity index is 3.76. The Morgan fingerprint density at radius 3 is 0.906 bits per heavy atom. The number of rotatable bonds is 70. The molecule has 0 rings (SSSR count). The molecule has 0 saturated carbocycles. The van der Waals surface area contributed by atoms with E-state index in [2.05, 4.69) is 74.6 Å². The maximum atomic E-state index is 12.7. The van der Waals surface area contributed by atoms with Crippen molar-refractivity contribution in [1.82, 2.24) is 0 Å². The number of esters is 2. The van der Waals surface area contributed by atoms with Gasteiger partial charge in [0.1, 0.15) is 6.61 Å². The topological polar surface area (TPSA) is 134 Å². The summed E-state index contributed by atoms with van der Waals surface area (Å²) in [6.07, 6.45) is 92.0. The molecule has 0 heterocycles. The van der Waals surface area contributed by atoms with Gasteiger partial charge in [0.25, 0.3) is 0 Å². The minimum Gasteiger partial charge on any atom is -0.462 e. The van der Waals surface area contributed by atoms with Crippen LogP contribution in [-0.2, 0) is 32.7 Å². The maximum absolute atomic E-state index is 12.7. The van der Waals surface area contributed by atoms with Crippen LogP contribution in [0.15, 0.2) is 60.8 Å². The van der Waals surface area contributed by atoms with Gasteiger partial charge in [-0.1, -0.05) is 338 Å². The van der Waals surface area contributed by atoms with E-state index in [0.29, 0.717) is 6.42 Å². The predicted molar refractivity (Wildman–Crippen MR) is 367 cm³/mol. The second-order valence-electron chi connectivity index (χ2n) is 24.8. The monoisotopic (exact) mass is 1210 g/mol. The van der Waals surface area contributed by atoms with E-state index in [1.54, 1.807) is 0 Å². The number of carbonyl (C=O) groups excluding carboxylic acids is 2. The van der Waals surface area contributed by atoms with E-state index in [1.165, 1.54) is 276 Å². The highest BCUT2D eigenvalue weighted by atomic mass is 31.2. The molecule has 0 aromatic rings. The molecule has 2 unspecified atom stereocenters. The van der Waals surface area contributed by atoms with Gasteiger partial charge in [0.15, 0.2) is 6.10 Å². The highest BCUT2D eigenvalue weighted by Crippen LogP contribution is 2.43. The van der Waals surface area contributed by atoms with E-state index < -0.39 is 26.5 Å². The summed E-state index contributed by atoms with van der Waals surface area (Å²) in [7, 11) is -4.40. The van der Waals surface area contributed by atoms with E-state index in [0.717, 1.165) is 64.2 Å². The molecule has 3 N–H and O–H groups in total. The molecule has 0 fully saturated rings. The number of ether oxygens (including phenoxy) is 2. The highest BCUT2D eigenvalue weighted by Gasteiger charge is 2.26. The zero-order valence-electron chi connectivity index (χ0n) is 56.1. The molecule has 0 saturated heterocycles. The third kappa shape index (κ3) is 70.7. The number of phosphoric acid groups is 1. The molecule has 85 heavy (non-hydrogen) atoms. The lowest BCUT2D eigenvalue weighted by Gasteiger charge is -2.19. The molecule has 0 radical (unpaired) electrons. The molecule has 0 aromatic heterocycles. The molecule has 0 aliphatic rings. The fourth-order valence-corrected chi connectivity index (χ4v) is 11.7. The lowest BCUT2D eigenvalue weighted by Crippen LogP contribution is -2.29. The molecular weight excluding hydrogens is 1070 g/mol. The number of nitrogens with two attached hydrogens (primary N) is 1. The van der Waals surface area contributed by atoms with Gasteiger partial charge in [0, 0.05) is 19.4 Å². The van der Waals surface area contributed by atoms with Gasteiger partial charge in [-0.15, -0.1) is 0 Å². The second-order valence-corrected chi connectivity index (χ2v) is 26.3. The van der Waals surface area contributed by atoms with E-state index in [1.807, 2.05) is 0 Å². The van der Waals surface area contributed by atoms with Crippen LogP contribution in [0.5, 0.6) is 0 Å². The average molecular weight is 1210 g/mol. The SMILES string of the molecule is CCCCCCC/C=C\C/C=C\C/C=C\CCCCCCCCCCC(=O)OC(COC(=O)CCCCCCCCCCCCCCCCCCCCCCCCCCCCCCC/C=C\C/C=C\CCCCCCC)COP(=O)(O)OCCN. The second kappa shape index (κ2) is 70.8. The van der Waals surface area contributed by atoms with Crippen molar-refractivity contribution in [1.29, 1.82) is 0 Å². The molecule has 0 aromatic carbocycles. The number of carbonyl (C=O) groups is 2. The summed E-state index contributed by atoms with van der Waals surface area (Å²) in [5.41, 5.74) is 5.40. The molecule has 2 atom stereocenters. The molecular formula is C75H140NO8P. The molecule has 10 heteroatoms. The number of unbranched alkanes of at least 4 members (excludes halogenated alkanes) is 47. The standard InChI is InChI=1S/C75H140NO8P/c1-3-5-7-9-11-13-15-17-19-21-23-25-27-28-29-30-31-32-33-34-35-36-37-38-39-40-41-42-43-44-46-47-49-51-53-55-57-59-61-63-65-67-74(77)81-71-73(72-83-85(79,80)82-70-69-76)84-75(78)68-66-64-62-60-58-56-54-52-50-48-45-26-24-22-20-18-16-14-12-10-8-6-4-2/h15-18,21-24,45,48,73H,3-14,19-20,25-44,46-47,49-72,76H2,1-2H3,(H,79,80)/b17-15-,18-16-,23-21-,24-22-,48-45-. The van der Waals surface area contributed by atoms with Crippen LogP contribution < -0.4 is 5.73 Å². The molecule has 9 nitrogen and oxygen atoms in total. The fraction of sp³-hybridized carbons (Fsp3) is 0.840. The Labute approximate surface area is 527 Å².